The zero-order chi connectivity index (χ0) is 17.8. The number of fused-ring (bicyclic) bond motifs is 1. The number of rotatable bonds is 4. The molecule has 0 radical (unpaired) electrons. The number of hydrogen-bond acceptors (Lipinski definition) is 7. The summed E-state index contributed by atoms with van der Waals surface area (Å²) in [5.74, 6) is 2.03. The second-order valence-corrected chi connectivity index (χ2v) is 6.25. The highest BCUT2D eigenvalue weighted by Crippen LogP contribution is 2.24. The standard InChI is InChI=1S/C19H21N7/c20-19-24-16-7-11-26(17-13-21-8-9-22-17)10-6-15(16)18(25-19)23-12-14-4-2-1-3-5-14/h1-5,8-9,13H,6-7,10-12H2,(H3,20,23,24,25). The third-order valence-electron chi connectivity index (χ3n) is 4.54. The van der Waals surface area contributed by atoms with Crippen molar-refractivity contribution >= 4 is 17.6 Å². The minimum Gasteiger partial charge on any atom is -0.368 e. The molecule has 1 aliphatic heterocycles. The quantitative estimate of drug-likeness (QED) is 0.746. The molecule has 0 atom stereocenters. The molecule has 0 amide bonds. The number of anilines is 3. The fraction of sp³-hybridized carbons (Fsp3) is 0.263. The summed E-state index contributed by atoms with van der Waals surface area (Å²) in [4.78, 5) is 19.7. The largest absolute Gasteiger partial charge is 0.368 e. The fourth-order valence-electron chi connectivity index (χ4n) is 3.23. The monoisotopic (exact) mass is 347 g/mol. The van der Waals surface area contributed by atoms with Crippen molar-refractivity contribution in [3.8, 4) is 0 Å². The second-order valence-electron chi connectivity index (χ2n) is 6.25. The maximum absolute atomic E-state index is 5.95. The first-order chi connectivity index (χ1) is 12.8. The van der Waals surface area contributed by atoms with Crippen molar-refractivity contribution < 1.29 is 0 Å². The van der Waals surface area contributed by atoms with Crippen LogP contribution in [0, 0.1) is 0 Å². The van der Waals surface area contributed by atoms with E-state index in [4.69, 9.17) is 5.73 Å². The van der Waals surface area contributed by atoms with Crippen LogP contribution >= 0.6 is 0 Å². The molecule has 0 bridgehead atoms. The van der Waals surface area contributed by atoms with Crippen LogP contribution in [0.25, 0.3) is 0 Å². The van der Waals surface area contributed by atoms with E-state index in [1.54, 1.807) is 18.6 Å². The van der Waals surface area contributed by atoms with Crippen molar-refractivity contribution in [2.24, 2.45) is 0 Å². The zero-order valence-corrected chi connectivity index (χ0v) is 14.5. The number of nitrogen functional groups attached to an aromatic ring is 1. The molecule has 0 unspecified atom stereocenters. The predicted octanol–water partition coefficient (Wildman–Crippen LogP) is 2.07. The minimum atomic E-state index is 0.312. The lowest BCUT2D eigenvalue weighted by Crippen LogP contribution is -2.27. The molecule has 3 aromatic rings. The second kappa shape index (κ2) is 7.35. The maximum atomic E-state index is 5.95. The van der Waals surface area contributed by atoms with Crippen LogP contribution in [0.5, 0.6) is 0 Å². The summed E-state index contributed by atoms with van der Waals surface area (Å²) in [6, 6.07) is 10.3. The lowest BCUT2D eigenvalue weighted by Gasteiger charge is -2.20. The molecule has 26 heavy (non-hydrogen) atoms. The lowest BCUT2D eigenvalue weighted by atomic mass is 10.1. The van der Waals surface area contributed by atoms with E-state index < -0.39 is 0 Å². The van der Waals surface area contributed by atoms with E-state index in [1.165, 1.54) is 5.56 Å². The molecule has 1 aliphatic rings. The van der Waals surface area contributed by atoms with Gasteiger partial charge in [-0.3, -0.25) is 4.98 Å². The van der Waals surface area contributed by atoms with Gasteiger partial charge in [-0.05, 0) is 12.0 Å². The number of hydrogen-bond donors (Lipinski definition) is 2. The van der Waals surface area contributed by atoms with Gasteiger partial charge in [0.15, 0.2) is 0 Å². The van der Waals surface area contributed by atoms with Crippen molar-refractivity contribution in [3.05, 3.63) is 65.7 Å². The summed E-state index contributed by atoms with van der Waals surface area (Å²) >= 11 is 0. The van der Waals surface area contributed by atoms with E-state index in [-0.39, 0.29) is 0 Å². The summed E-state index contributed by atoms with van der Waals surface area (Å²) in [7, 11) is 0. The Morgan fingerprint density at radius 1 is 1.04 bits per heavy atom. The molecule has 0 spiro atoms. The summed E-state index contributed by atoms with van der Waals surface area (Å²) in [5, 5.41) is 3.43. The molecule has 3 N–H and O–H groups in total. The van der Waals surface area contributed by atoms with E-state index in [1.807, 2.05) is 18.2 Å². The van der Waals surface area contributed by atoms with Gasteiger partial charge in [-0.2, -0.15) is 4.98 Å². The Kier molecular flexibility index (Phi) is 4.59. The van der Waals surface area contributed by atoms with Gasteiger partial charge in [-0.25, -0.2) is 9.97 Å². The van der Waals surface area contributed by atoms with Gasteiger partial charge in [0.1, 0.15) is 11.6 Å². The van der Waals surface area contributed by atoms with Gasteiger partial charge in [0.05, 0.1) is 11.9 Å². The molecule has 0 aliphatic carbocycles. The van der Waals surface area contributed by atoms with Crippen molar-refractivity contribution in [2.75, 3.05) is 29.0 Å². The SMILES string of the molecule is Nc1nc2c(c(NCc3ccccc3)n1)CCN(c1cnccn1)CC2. The van der Waals surface area contributed by atoms with E-state index in [9.17, 15) is 0 Å². The smallest absolute Gasteiger partial charge is 0.222 e. The number of nitrogens with one attached hydrogen (secondary N) is 1. The highest BCUT2D eigenvalue weighted by Gasteiger charge is 2.20. The summed E-state index contributed by atoms with van der Waals surface area (Å²) < 4.78 is 0. The number of nitrogens with two attached hydrogens (primary N) is 1. The number of aromatic nitrogens is 4. The van der Waals surface area contributed by atoms with Crippen molar-refractivity contribution in [1.29, 1.82) is 0 Å². The van der Waals surface area contributed by atoms with E-state index in [0.29, 0.717) is 12.5 Å². The lowest BCUT2D eigenvalue weighted by molar-refractivity contribution is 0.784. The highest BCUT2D eigenvalue weighted by molar-refractivity contribution is 5.52. The molecule has 7 nitrogen and oxygen atoms in total. The van der Waals surface area contributed by atoms with Crippen LogP contribution in [0.1, 0.15) is 16.8 Å². The molecule has 132 valence electrons. The molecule has 1 aromatic carbocycles. The average Bonchev–Trinajstić information content (AvgIpc) is 2.90. The number of benzene rings is 1. The van der Waals surface area contributed by atoms with Crippen molar-refractivity contribution in [3.63, 3.8) is 0 Å². The van der Waals surface area contributed by atoms with Crippen LogP contribution in [0.4, 0.5) is 17.6 Å². The number of nitrogens with zero attached hydrogens (tertiary/aromatic N) is 5. The predicted molar refractivity (Wildman–Crippen MR) is 102 cm³/mol. The van der Waals surface area contributed by atoms with E-state index in [0.717, 1.165) is 48.8 Å². The highest BCUT2D eigenvalue weighted by atomic mass is 15.2. The van der Waals surface area contributed by atoms with Crippen LogP contribution in [0.2, 0.25) is 0 Å². The van der Waals surface area contributed by atoms with Crippen molar-refractivity contribution in [2.45, 2.75) is 19.4 Å². The molecule has 0 fully saturated rings. The maximum Gasteiger partial charge on any atom is 0.222 e. The fourth-order valence-corrected chi connectivity index (χ4v) is 3.23. The molecule has 7 heteroatoms. The zero-order valence-electron chi connectivity index (χ0n) is 14.5. The Bertz CT molecular complexity index is 868. The minimum absolute atomic E-state index is 0.312. The molecular weight excluding hydrogens is 326 g/mol. The third kappa shape index (κ3) is 3.56. The van der Waals surface area contributed by atoms with Gasteiger partial charge in [0.25, 0.3) is 0 Å². The molecule has 2 aromatic heterocycles. The molecule has 0 saturated heterocycles. The van der Waals surface area contributed by atoms with Gasteiger partial charge in [-0.1, -0.05) is 30.3 Å². The van der Waals surface area contributed by atoms with Crippen LogP contribution in [0.15, 0.2) is 48.9 Å². The average molecular weight is 347 g/mol. The first kappa shape index (κ1) is 16.3. The van der Waals surface area contributed by atoms with Crippen LogP contribution in [-0.2, 0) is 19.4 Å². The third-order valence-corrected chi connectivity index (χ3v) is 4.54. The Morgan fingerprint density at radius 3 is 2.69 bits per heavy atom. The Hall–Kier alpha value is -3.22. The first-order valence-electron chi connectivity index (χ1n) is 8.73. The van der Waals surface area contributed by atoms with Crippen LogP contribution < -0.4 is 16.0 Å². The summed E-state index contributed by atoms with van der Waals surface area (Å²) in [5.41, 5.74) is 9.31. The summed E-state index contributed by atoms with van der Waals surface area (Å²) in [6.45, 7) is 2.39. The van der Waals surface area contributed by atoms with Gasteiger partial charge >= 0.3 is 0 Å². The molecule has 4 rings (SSSR count). The summed E-state index contributed by atoms with van der Waals surface area (Å²) in [6.07, 6.45) is 6.85. The Labute approximate surface area is 152 Å². The van der Waals surface area contributed by atoms with E-state index in [2.05, 4.69) is 42.3 Å². The van der Waals surface area contributed by atoms with Gasteiger partial charge in [0.2, 0.25) is 5.95 Å². The Balaban J connectivity index is 1.55. The van der Waals surface area contributed by atoms with Gasteiger partial charge < -0.3 is 16.0 Å². The first-order valence-corrected chi connectivity index (χ1v) is 8.73. The van der Waals surface area contributed by atoms with Gasteiger partial charge in [0, 0.05) is 44.0 Å². The van der Waals surface area contributed by atoms with E-state index >= 15 is 0 Å². The van der Waals surface area contributed by atoms with Gasteiger partial charge in [-0.15, -0.1) is 0 Å². The molecular formula is C19H21N7. The van der Waals surface area contributed by atoms with Crippen LogP contribution in [-0.4, -0.2) is 33.0 Å². The Morgan fingerprint density at radius 2 is 1.88 bits per heavy atom. The van der Waals surface area contributed by atoms with Crippen molar-refractivity contribution in [1.82, 2.24) is 19.9 Å². The normalized spacial score (nSPS) is 13.8. The topological polar surface area (TPSA) is 92.8 Å². The van der Waals surface area contributed by atoms with Crippen LogP contribution in [0.3, 0.4) is 0 Å². The molecule has 0 saturated carbocycles. The molecule has 3 heterocycles.